The normalized spacial score (nSPS) is 28.2. The molecule has 1 aliphatic heterocycles. The van der Waals surface area contributed by atoms with E-state index >= 15 is 0 Å². The van der Waals surface area contributed by atoms with Crippen molar-refractivity contribution < 1.29 is 27.5 Å². The number of rotatable bonds is 3. The van der Waals surface area contributed by atoms with Crippen molar-refractivity contribution in [3.63, 3.8) is 0 Å². The van der Waals surface area contributed by atoms with Crippen molar-refractivity contribution in [2.75, 3.05) is 14.2 Å². The number of Topliss-reactive ketones (excluding diaryl/α,β-unsaturated/α-hetero) is 1. The van der Waals surface area contributed by atoms with Gasteiger partial charge in [0.15, 0.2) is 5.54 Å². The SMILES string of the molecule is COC(=O)[C@]1([C@@H]2CCCCC2=O)NS(=O)(=O)c2ccc(OC)cc21. The zero-order valence-electron chi connectivity index (χ0n) is 13.5. The monoisotopic (exact) mass is 353 g/mol. The van der Waals surface area contributed by atoms with Crippen LogP contribution in [0, 0.1) is 5.92 Å². The average Bonchev–Trinajstić information content (AvgIpc) is 2.82. The highest BCUT2D eigenvalue weighted by Gasteiger charge is 2.59. The van der Waals surface area contributed by atoms with Gasteiger partial charge < -0.3 is 9.47 Å². The van der Waals surface area contributed by atoms with Gasteiger partial charge in [0, 0.05) is 12.0 Å². The molecule has 0 amide bonds. The summed E-state index contributed by atoms with van der Waals surface area (Å²) in [6.45, 7) is 0. The van der Waals surface area contributed by atoms with Crippen molar-refractivity contribution in [2.45, 2.75) is 36.1 Å². The van der Waals surface area contributed by atoms with Crippen LogP contribution in [0.2, 0.25) is 0 Å². The topological polar surface area (TPSA) is 98.8 Å². The molecule has 0 bridgehead atoms. The Hall–Kier alpha value is -1.93. The molecule has 1 N–H and O–H groups in total. The quantitative estimate of drug-likeness (QED) is 0.818. The molecule has 24 heavy (non-hydrogen) atoms. The zero-order valence-corrected chi connectivity index (χ0v) is 14.3. The number of methoxy groups -OCH3 is 2. The van der Waals surface area contributed by atoms with Crippen LogP contribution < -0.4 is 9.46 Å². The van der Waals surface area contributed by atoms with Crippen LogP contribution in [0.1, 0.15) is 31.2 Å². The van der Waals surface area contributed by atoms with Gasteiger partial charge in [0.05, 0.1) is 25.0 Å². The summed E-state index contributed by atoms with van der Waals surface area (Å²) in [5, 5.41) is 0. The highest BCUT2D eigenvalue weighted by Crippen LogP contribution is 2.46. The van der Waals surface area contributed by atoms with Gasteiger partial charge in [0.1, 0.15) is 11.5 Å². The first-order chi connectivity index (χ1) is 11.4. The Kier molecular flexibility index (Phi) is 4.13. The lowest BCUT2D eigenvalue weighted by molar-refractivity contribution is -0.154. The molecule has 1 aliphatic carbocycles. The minimum Gasteiger partial charge on any atom is -0.497 e. The van der Waals surface area contributed by atoms with Gasteiger partial charge in [-0.2, -0.15) is 4.72 Å². The fraction of sp³-hybridized carbons (Fsp3) is 0.500. The van der Waals surface area contributed by atoms with Crippen molar-refractivity contribution in [3.8, 4) is 5.75 Å². The molecule has 1 saturated carbocycles. The molecule has 8 heteroatoms. The van der Waals surface area contributed by atoms with Crippen LogP contribution >= 0.6 is 0 Å². The molecule has 7 nitrogen and oxygen atoms in total. The number of carbonyl (C=O) groups excluding carboxylic acids is 2. The number of hydrogen-bond acceptors (Lipinski definition) is 6. The molecule has 130 valence electrons. The Morgan fingerprint density at radius 1 is 1.29 bits per heavy atom. The van der Waals surface area contributed by atoms with Crippen LogP contribution in [0.15, 0.2) is 23.1 Å². The first-order valence-corrected chi connectivity index (χ1v) is 9.18. The van der Waals surface area contributed by atoms with E-state index in [1.165, 1.54) is 32.4 Å². The van der Waals surface area contributed by atoms with Crippen molar-refractivity contribution in [1.29, 1.82) is 0 Å². The molecule has 0 saturated heterocycles. The van der Waals surface area contributed by atoms with E-state index in [9.17, 15) is 18.0 Å². The average molecular weight is 353 g/mol. The molecule has 0 unspecified atom stereocenters. The lowest BCUT2D eigenvalue weighted by atomic mass is 9.71. The Morgan fingerprint density at radius 2 is 2.04 bits per heavy atom. The maximum Gasteiger partial charge on any atom is 0.332 e. The molecule has 1 aromatic rings. The predicted molar refractivity (Wildman–Crippen MR) is 84.0 cm³/mol. The van der Waals surface area contributed by atoms with Crippen molar-refractivity contribution in [3.05, 3.63) is 23.8 Å². The van der Waals surface area contributed by atoms with Gasteiger partial charge in [-0.3, -0.25) is 4.79 Å². The maximum absolute atomic E-state index is 12.7. The van der Waals surface area contributed by atoms with E-state index in [-0.39, 0.29) is 16.2 Å². The van der Waals surface area contributed by atoms with Gasteiger partial charge in [-0.15, -0.1) is 0 Å². The molecule has 2 aliphatic rings. The summed E-state index contributed by atoms with van der Waals surface area (Å²) >= 11 is 0. The number of nitrogens with one attached hydrogen (secondary N) is 1. The Bertz CT molecular complexity index is 803. The van der Waals surface area contributed by atoms with Crippen molar-refractivity contribution >= 4 is 21.8 Å². The fourth-order valence-electron chi connectivity index (χ4n) is 3.66. The summed E-state index contributed by atoms with van der Waals surface area (Å²) in [6.07, 6.45) is 2.23. The molecule has 1 fully saturated rings. The summed E-state index contributed by atoms with van der Waals surface area (Å²) in [4.78, 5) is 25.2. The van der Waals surface area contributed by atoms with Crippen LogP contribution in [0.5, 0.6) is 5.75 Å². The third-order valence-corrected chi connectivity index (χ3v) is 6.31. The molecule has 0 spiro atoms. The number of carbonyl (C=O) groups is 2. The van der Waals surface area contributed by atoms with Gasteiger partial charge in [0.2, 0.25) is 10.0 Å². The number of ether oxygens (including phenoxy) is 2. The van der Waals surface area contributed by atoms with Gasteiger partial charge >= 0.3 is 5.97 Å². The highest BCUT2D eigenvalue weighted by molar-refractivity contribution is 7.90. The standard InChI is InChI=1S/C16H19NO6S/c1-22-10-7-8-14-12(9-10)16(15(19)23-2,17-24(14,20)21)11-5-3-4-6-13(11)18/h7-9,11,17H,3-6H2,1-2H3/t11-,16-/m1/s1. The third-order valence-electron chi connectivity index (χ3n) is 4.78. The van der Waals surface area contributed by atoms with E-state index in [0.717, 1.165) is 12.8 Å². The minimum atomic E-state index is -3.92. The van der Waals surface area contributed by atoms with Crippen LogP contribution in [0.3, 0.4) is 0 Å². The fourth-order valence-corrected chi connectivity index (χ4v) is 5.28. The highest BCUT2D eigenvalue weighted by atomic mass is 32.2. The first kappa shape index (κ1) is 16.9. The summed E-state index contributed by atoms with van der Waals surface area (Å²) in [6, 6.07) is 4.38. The molecular weight excluding hydrogens is 334 g/mol. The lowest BCUT2D eigenvalue weighted by Gasteiger charge is -2.36. The Morgan fingerprint density at radius 3 is 2.67 bits per heavy atom. The molecule has 1 heterocycles. The second kappa shape index (κ2) is 5.86. The van der Waals surface area contributed by atoms with E-state index in [1.807, 2.05) is 0 Å². The van der Waals surface area contributed by atoms with Crippen molar-refractivity contribution in [2.24, 2.45) is 5.92 Å². The van der Waals surface area contributed by atoms with Crippen LogP contribution in [-0.2, 0) is 29.9 Å². The van der Waals surface area contributed by atoms with Crippen molar-refractivity contribution in [1.82, 2.24) is 4.72 Å². The van der Waals surface area contributed by atoms with Crippen LogP contribution in [0.25, 0.3) is 0 Å². The van der Waals surface area contributed by atoms with E-state index in [0.29, 0.717) is 18.6 Å². The van der Waals surface area contributed by atoms with E-state index in [2.05, 4.69) is 4.72 Å². The number of esters is 1. The second-order valence-corrected chi connectivity index (χ2v) is 7.68. The molecular formula is C16H19NO6S. The van der Waals surface area contributed by atoms with E-state index in [1.54, 1.807) is 0 Å². The third kappa shape index (κ3) is 2.32. The molecule has 3 rings (SSSR count). The molecule has 1 aromatic carbocycles. The van der Waals surface area contributed by atoms with Gasteiger partial charge in [0.25, 0.3) is 0 Å². The Balaban J connectivity index is 2.28. The largest absolute Gasteiger partial charge is 0.497 e. The second-order valence-electron chi connectivity index (χ2n) is 6.03. The number of hydrogen-bond donors (Lipinski definition) is 1. The van der Waals surface area contributed by atoms with Crippen LogP contribution in [-0.4, -0.2) is 34.4 Å². The number of sulfonamides is 1. The number of benzene rings is 1. The first-order valence-electron chi connectivity index (χ1n) is 7.70. The molecule has 0 aromatic heterocycles. The Labute approximate surface area is 140 Å². The van der Waals surface area contributed by atoms with E-state index in [4.69, 9.17) is 9.47 Å². The van der Waals surface area contributed by atoms with Crippen LogP contribution in [0.4, 0.5) is 0 Å². The smallest absolute Gasteiger partial charge is 0.332 e. The maximum atomic E-state index is 12.7. The van der Waals surface area contributed by atoms with Gasteiger partial charge in [-0.1, -0.05) is 6.42 Å². The molecule has 0 radical (unpaired) electrons. The number of ketones is 1. The summed E-state index contributed by atoms with van der Waals surface area (Å²) in [5.74, 6) is -1.30. The predicted octanol–water partition coefficient (Wildman–Crippen LogP) is 1.11. The zero-order chi connectivity index (χ0) is 17.5. The number of fused-ring (bicyclic) bond motifs is 1. The molecule has 2 atom stereocenters. The summed E-state index contributed by atoms with van der Waals surface area (Å²) < 4.78 is 37.6. The minimum absolute atomic E-state index is 0.0212. The van der Waals surface area contributed by atoms with Gasteiger partial charge in [-0.05, 0) is 31.0 Å². The van der Waals surface area contributed by atoms with E-state index < -0.39 is 27.4 Å². The summed E-state index contributed by atoms with van der Waals surface area (Å²) in [7, 11) is -1.29. The van der Waals surface area contributed by atoms with Gasteiger partial charge in [-0.25, -0.2) is 13.2 Å². The summed E-state index contributed by atoms with van der Waals surface area (Å²) in [5.41, 5.74) is -1.51. The lowest BCUT2D eigenvalue weighted by Crippen LogP contribution is -2.55.